The zero-order valence-electron chi connectivity index (χ0n) is 23.6. The van der Waals surface area contributed by atoms with Crippen molar-refractivity contribution in [2.45, 2.75) is 65.1 Å². The average molecular weight is 532 g/mol. The molecule has 1 aliphatic heterocycles. The molecular formula is C30H41N7O2. The van der Waals surface area contributed by atoms with Crippen molar-refractivity contribution in [2.75, 3.05) is 25.0 Å². The number of aromatic nitrogens is 4. The van der Waals surface area contributed by atoms with E-state index in [1.165, 1.54) is 6.08 Å². The summed E-state index contributed by atoms with van der Waals surface area (Å²) in [6.45, 7) is 13.8. The third kappa shape index (κ3) is 6.53. The highest BCUT2D eigenvalue weighted by atomic mass is 16.2. The molecule has 1 aromatic carbocycles. The van der Waals surface area contributed by atoms with Crippen LogP contribution < -0.4 is 10.2 Å². The van der Waals surface area contributed by atoms with Crippen molar-refractivity contribution < 1.29 is 11.0 Å². The molecule has 1 fully saturated rings. The van der Waals surface area contributed by atoms with Crippen LogP contribution in [0.2, 0.25) is 0 Å². The van der Waals surface area contributed by atoms with E-state index in [2.05, 4.69) is 57.2 Å². The van der Waals surface area contributed by atoms with Crippen molar-refractivity contribution in [3.8, 4) is 11.1 Å². The van der Waals surface area contributed by atoms with E-state index >= 15 is 0 Å². The van der Waals surface area contributed by atoms with Crippen molar-refractivity contribution in [3.63, 3.8) is 0 Å². The van der Waals surface area contributed by atoms with Gasteiger partial charge >= 0.3 is 0 Å². The second-order valence-corrected chi connectivity index (χ2v) is 11.2. The Morgan fingerprint density at radius 3 is 2.74 bits per heavy atom. The predicted octanol–water partition coefficient (Wildman–Crippen LogP) is 4.58. The summed E-state index contributed by atoms with van der Waals surface area (Å²) in [7, 11) is 1.86. The van der Waals surface area contributed by atoms with Crippen LogP contribution in [0, 0.1) is 6.92 Å². The first-order valence-electron chi connectivity index (χ1n) is 13.5. The maximum atomic E-state index is 12.7. The number of anilines is 1. The van der Waals surface area contributed by atoms with Crippen molar-refractivity contribution in [2.24, 2.45) is 0 Å². The second-order valence-electron chi connectivity index (χ2n) is 11.2. The lowest BCUT2D eigenvalue weighted by atomic mass is 9.99. The van der Waals surface area contributed by atoms with Gasteiger partial charge in [-0.25, -0.2) is 4.68 Å². The normalized spacial score (nSPS) is 15.9. The maximum absolute atomic E-state index is 12.7. The Labute approximate surface area is 232 Å². The van der Waals surface area contributed by atoms with E-state index in [-0.39, 0.29) is 24.8 Å². The zero-order chi connectivity index (χ0) is 28.2. The summed E-state index contributed by atoms with van der Waals surface area (Å²) in [5.74, 6) is -0.300. The second kappa shape index (κ2) is 11.8. The first-order valence-corrected chi connectivity index (χ1v) is 13.5. The third-order valence-electron chi connectivity index (χ3n) is 7.36. The van der Waals surface area contributed by atoms with Gasteiger partial charge in [-0.05, 0) is 75.8 Å². The van der Waals surface area contributed by atoms with Crippen molar-refractivity contribution >= 4 is 17.5 Å². The number of benzene rings is 1. The Balaban J connectivity index is 0.00000441. The number of hydrogen-bond acceptors (Lipinski definition) is 6. The summed E-state index contributed by atoms with van der Waals surface area (Å²) in [6, 6.07) is 8.46. The molecule has 2 amide bonds. The molecule has 0 bridgehead atoms. The zero-order valence-corrected chi connectivity index (χ0v) is 23.6. The number of aryl methyl sites for hydroxylation is 1. The van der Waals surface area contributed by atoms with Crippen LogP contribution in [0.4, 0.5) is 5.69 Å². The summed E-state index contributed by atoms with van der Waals surface area (Å²) in [4.78, 5) is 33.5. The highest BCUT2D eigenvalue weighted by Gasteiger charge is 2.25. The lowest BCUT2D eigenvalue weighted by molar-refractivity contribution is -0.126. The van der Waals surface area contributed by atoms with Crippen LogP contribution in [-0.4, -0.2) is 62.9 Å². The molecule has 3 heterocycles. The van der Waals surface area contributed by atoms with Gasteiger partial charge in [0.15, 0.2) is 5.69 Å². The Hall–Kier alpha value is -4.01. The third-order valence-corrected chi connectivity index (χ3v) is 7.36. The number of carbonyl (C=O) groups is 2. The fourth-order valence-electron chi connectivity index (χ4n) is 4.88. The van der Waals surface area contributed by atoms with E-state index in [0.29, 0.717) is 12.2 Å². The number of nitrogens with one attached hydrogen (secondary N) is 1. The summed E-state index contributed by atoms with van der Waals surface area (Å²) >= 11 is 0. The molecule has 39 heavy (non-hydrogen) atoms. The SMILES string of the molecule is C=CC(=O)N(C)[C@@H]1CCCCN(c2cnccc2-c2ccc(CNC(=O)c3cn(C(C)(C)C)nn3)c(C)c2)C1.[HH]. The van der Waals surface area contributed by atoms with Crippen molar-refractivity contribution in [3.05, 3.63) is 72.3 Å². The molecule has 4 rings (SSSR count). The fraction of sp³-hybridized carbons (Fsp3) is 0.433. The number of likely N-dealkylation sites (N-methyl/N-ethyl adjacent to an activating group) is 1. The molecule has 1 aliphatic rings. The summed E-state index contributed by atoms with van der Waals surface area (Å²) in [5.41, 5.74) is 5.43. The van der Waals surface area contributed by atoms with Crippen molar-refractivity contribution in [1.29, 1.82) is 0 Å². The monoisotopic (exact) mass is 531 g/mol. The molecule has 1 N–H and O–H groups in total. The van der Waals surface area contributed by atoms with Gasteiger partial charge in [-0.1, -0.05) is 30.0 Å². The molecule has 208 valence electrons. The van der Waals surface area contributed by atoms with Gasteiger partial charge in [-0.15, -0.1) is 5.10 Å². The Kier molecular flexibility index (Phi) is 8.47. The van der Waals surface area contributed by atoms with E-state index < -0.39 is 0 Å². The Morgan fingerprint density at radius 2 is 2.05 bits per heavy atom. The molecule has 2 aromatic heterocycles. The minimum Gasteiger partial charge on any atom is -0.368 e. The Bertz CT molecular complexity index is 1350. The Morgan fingerprint density at radius 1 is 1.26 bits per heavy atom. The van der Waals surface area contributed by atoms with Gasteiger partial charge in [0.25, 0.3) is 5.91 Å². The first-order chi connectivity index (χ1) is 18.6. The van der Waals surface area contributed by atoms with Crippen LogP contribution >= 0.6 is 0 Å². The summed E-state index contributed by atoms with van der Waals surface area (Å²) < 4.78 is 1.69. The van der Waals surface area contributed by atoms with Crippen LogP contribution in [0.1, 0.15) is 63.1 Å². The number of nitrogens with zero attached hydrogens (tertiary/aromatic N) is 6. The molecule has 0 spiro atoms. The first kappa shape index (κ1) is 28.0. The average Bonchev–Trinajstić information content (AvgIpc) is 3.31. The molecule has 9 nitrogen and oxygen atoms in total. The molecule has 0 unspecified atom stereocenters. The quantitative estimate of drug-likeness (QED) is 0.448. The number of pyridine rings is 1. The van der Waals surface area contributed by atoms with E-state index in [9.17, 15) is 9.59 Å². The van der Waals surface area contributed by atoms with Gasteiger partial charge in [0, 0.05) is 45.9 Å². The number of amides is 2. The minimum atomic E-state index is -0.249. The molecule has 3 aromatic rings. The van der Waals surface area contributed by atoms with Gasteiger partial charge in [0.05, 0.1) is 23.6 Å². The number of hydrogen-bond donors (Lipinski definition) is 1. The molecule has 0 aliphatic carbocycles. The van der Waals surface area contributed by atoms with Crippen LogP contribution in [-0.2, 0) is 16.9 Å². The van der Waals surface area contributed by atoms with E-state index in [4.69, 9.17) is 0 Å². The smallest absolute Gasteiger partial charge is 0.273 e. The standard InChI is InChI=1S/C30H39N7O2.H2/c1-7-28(38)35(6)24-10-8-9-15-36(19-24)27-18-31-14-13-25(27)22-11-12-23(21(2)16-22)17-32-29(39)26-20-37(34-33-26)30(3,4)5;/h7,11-14,16,18,20,24H,1,8-10,15,17,19H2,2-6H3,(H,32,39);1H/t24-;/m1./s1. The fourth-order valence-corrected chi connectivity index (χ4v) is 4.88. The van der Waals surface area contributed by atoms with Gasteiger partial charge in [0.2, 0.25) is 5.91 Å². The van der Waals surface area contributed by atoms with Crippen molar-refractivity contribution in [1.82, 2.24) is 30.2 Å². The van der Waals surface area contributed by atoms with Gasteiger partial charge in [-0.2, -0.15) is 0 Å². The van der Waals surface area contributed by atoms with Gasteiger partial charge in [0.1, 0.15) is 0 Å². The number of carbonyl (C=O) groups excluding carboxylic acids is 2. The molecular weight excluding hydrogens is 490 g/mol. The van der Waals surface area contributed by atoms with Crippen LogP contribution in [0.3, 0.4) is 0 Å². The van der Waals surface area contributed by atoms with E-state index in [0.717, 1.165) is 60.3 Å². The largest absolute Gasteiger partial charge is 0.368 e. The molecule has 1 atom stereocenters. The topological polar surface area (TPSA) is 96.2 Å². The lowest BCUT2D eigenvalue weighted by Crippen LogP contribution is -2.43. The molecule has 0 radical (unpaired) electrons. The minimum absolute atomic E-state index is 0. The lowest BCUT2D eigenvalue weighted by Gasteiger charge is -2.32. The van der Waals surface area contributed by atoms with Crippen LogP contribution in [0.5, 0.6) is 0 Å². The van der Waals surface area contributed by atoms with Crippen LogP contribution in [0.25, 0.3) is 11.1 Å². The maximum Gasteiger partial charge on any atom is 0.273 e. The molecule has 1 saturated heterocycles. The van der Waals surface area contributed by atoms with E-state index in [1.807, 2.05) is 46.3 Å². The molecule has 0 saturated carbocycles. The van der Waals surface area contributed by atoms with Gasteiger partial charge < -0.3 is 15.1 Å². The van der Waals surface area contributed by atoms with E-state index in [1.54, 1.807) is 15.8 Å². The predicted molar refractivity (Wildman–Crippen MR) is 156 cm³/mol. The summed E-state index contributed by atoms with van der Waals surface area (Å²) in [5, 5.41) is 11.1. The highest BCUT2D eigenvalue weighted by molar-refractivity contribution is 5.91. The number of rotatable bonds is 7. The van der Waals surface area contributed by atoms with Crippen LogP contribution in [0.15, 0.2) is 55.5 Å². The summed E-state index contributed by atoms with van der Waals surface area (Å²) in [6.07, 6.45) is 9.88. The molecule has 9 heteroatoms. The van der Waals surface area contributed by atoms with Gasteiger partial charge in [-0.3, -0.25) is 14.6 Å². The highest BCUT2D eigenvalue weighted by Crippen LogP contribution is 2.33.